The maximum absolute atomic E-state index is 12.7. The molecule has 1 atom stereocenters. The summed E-state index contributed by atoms with van der Waals surface area (Å²) in [7, 11) is 0. The molecule has 0 radical (unpaired) electrons. The SMILES string of the molecule is Cc1ccccc1C(=O)NC[C@H](c1ccc(C(C)(C)C)cc1)N1CCCC1. The van der Waals surface area contributed by atoms with Gasteiger partial charge in [-0.15, -0.1) is 0 Å². The highest BCUT2D eigenvalue weighted by molar-refractivity contribution is 5.95. The number of carbonyl (C=O) groups is 1. The molecule has 0 saturated carbocycles. The van der Waals surface area contributed by atoms with Gasteiger partial charge in [-0.25, -0.2) is 0 Å². The van der Waals surface area contributed by atoms with Gasteiger partial charge >= 0.3 is 0 Å². The van der Waals surface area contributed by atoms with Crippen molar-refractivity contribution >= 4 is 5.91 Å². The van der Waals surface area contributed by atoms with Gasteiger partial charge in [-0.05, 0) is 61.0 Å². The lowest BCUT2D eigenvalue weighted by Crippen LogP contribution is -2.37. The molecule has 1 aliphatic heterocycles. The predicted molar refractivity (Wildman–Crippen MR) is 112 cm³/mol. The van der Waals surface area contributed by atoms with Crippen LogP contribution in [0.3, 0.4) is 0 Å². The van der Waals surface area contributed by atoms with E-state index in [1.807, 2.05) is 31.2 Å². The number of benzene rings is 2. The highest BCUT2D eigenvalue weighted by atomic mass is 16.1. The van der Waals surface area contributed by atoms with Gasteiger partial charge in [-0.3, -0.25) is 9.69 Å². The van der Waals surface area contributed by atoms with Crippen molar-refractivity contribution in [2.75, 3.05) is 19.6 Å². The third kappa shape index (κ3) is 4.78. The number of likely N-dealkylation sites (tertiary alicyclic amines) is 1. The highest BCUT2D eigenvalue weighted by Crippen LogP contribution is 2.28. The second-order valence-electron chi connectivity index (χ2n) is 8.66. The Labute approximate surface area is 163 Å². The summed E-state index contributed by atoms with van der Waals surface area (Å²) in [4.78, 5) is 15.2. The molecule has 144 valence electrons. The average Bonchev–Trinajstić information content (AvgIpc) is 3.16. The van der Waals surface area contributed by atoms with E-state index in [-0.39, 0.29) is 17.4 Å². The van der Waals surface area contributed by atoms with Gasteiger partial charge in [-0.1, -0.05) is 63.2 Å². The van der Waals surface area contributed by atoms with Crippen LogP contribution in [0, 0.1) is 6.92 Å². The van der Waals surface area contributed by atoms with Crippen LogP contribution < -0.4 is 5.32 Å². The summed E-state index contributed by atoms with van der Waals surface area (Å²) in [6, 6.07) is 17.0. The van der Waals surface area contributed by atoms with Gasteiger partial charge in [0.05, 0.1) is 6.04 Å². The standard InChI is InChI=1S/C24H32N2O/c1-18-9-5-6-10-21(18)23(27)25-17-22(26-15-7-8-16-26)19-11-13-20(14-12-19)24(2,3)4/h5-6,9-14,22H,7-8,15-17H2,1-4H3,(H,25,27)/t22-/m1/s1. The van der Waals surface area contributed by atoms with E-state index in [1.54, 1.807) is 0 Å². The van der Waals surface area contributed by atoms with Crippen molar-refractivity contribution in [3.8, 4) is 0 Å². The Morgan fingerprint density at radius 1 is 1.04 bits per heavy atom. The monoisotopic (exact) mass is 364 g/mol. The molecule has 1 amide bonds. The maximum Gasteiger partial charge on any atom is 0.251 e. The van der Waals surface area contributed by atoms with Gasteiger partial charge in [0, 0.05) is 12.1 Å². The van der Waals surface area contributed by atoms with E-state index in [4.69, 9.17) is 0 Å². The van der Waals surface area contributed by atoms with Crippen molar-refractivity contribution in [1.29, 1.82) is 0 Å². The third-order valence-electron chi connectivity index (χ3n) is 5.59. The number of hydrogen-bond donors (Lipinski definition) is 1. The minimum atomic E-state index is 0.0172. The first-order valence-electron chi connectivity index (χ1n) is 10.0. The molecule has 27 heavy (non-hydrogen) atoms. The molecular formula is C24H32N2O. The number of aryl methyl sites for hydroxylation is 1. The van der Waals surface area contributed by atoms with Crippen molar-refractivity contribution in [3.63, 3.8) is 0 Å². The lowest BCUT2D eigenvalue weighted by Gasteiger charge is -2.29. The molecule has 1 fully saturated rings. The number of nitrogens with zero attached hydrogens (tertiary/aromatic N) is 1. The topological polar surface area (TPSA) is 32.3 Å². The van der Waals surface area contributed by atoms with E-state index < -0.39 is 0 Å². The van der Waals surface area contributed by atoms with E-state index in [9.17, 15) is 4.79 Å². The largest absolute Gasteiger partial charge is 0.350 e. The van der Waals surface area contributed by atoms with E-state index in [0.717, 1.165) is 24.2 Å². The Morgan fingerprint density at radius 2 is 1.67 bits per heavy atom. The first kappa shape index (κ1) is 19.6. The van der Waals surface area contributed by atoms with Gasteiger partial charge in [0.25, 0.3) is 5.91 Å². The molecule has 0 unspecified atom stereocenters. The Kier molecular flexibility index (Phi) is 6.01. The van der Waals surface area contributed by atoms with Gasteiger partial charge in [0.1, 0.15) is 0 Å². The van der Waals surface area contributed by atoms with Crippen molar-refractivity contribution < 1.29 is 4.79 Å². The van der Waals surface area contributed by atoms with Crippen LogP contribution in [0.1, 0.15) is 66.7 Å². The molecule has 0 spiro atoms. The predicted octanol–water partition coefficient (Wildman–Crippen LogP) is 4.86. The van der Waals surface area contributed by atoms with Crippen LogP contribution in [0.2, 0.25) is 0 Å². The molecule has 1 aliphatic rings. The molecule has 0 aromatic heterocycles. The molecule has 3 heteroatoms. The number of amides is 1. The van der Waals surface area contributed by atoms with Crippen LogP contribution in [0.5, 0.6) is 0 Å². The first-order chi connectivity index (χ1) is 12.9. The fourth-order valence-electron chi connectivity index (χ4n) is 3.83. The fraction of sp³-hybridized carbons (Fsp3) is 0.458. The van der Waals surface area contributed by atoms with Crippen LogP contribution in [0.4, 0.5) is 0 Å². The lowest BCUT2D eigenvalue weighted by molar-refractivity contribution is 0.0937. The number of carbonyl (C=O) groups excluding carboxylic acids is 1. The summed E-state index contributed by atoms with van der Waals surface area (Å²) < 4.78 is 0. The molecule has 0 bridgehead atoms. The van der Waals surface area contributed by atoms with E-state index in [0.29, 0.717) is 6.54 Å². The van der Waals surface area contributed by atoms with Gasteiger partial charge in [-0.2, -0.15) is 0 Å². The molecule has 3 rings (SSSR count). The van der Waals surface area contributed by atoms with Gasteiger partial charge in [0.15, 0.2) is 0 Å². The number of nitrogens with one attached hydrogen (secondary N) is 1. The molecule has 0 aliphatic carbocycles. The van der Waals surface area contributed by atoms with E-state index in [1.165, 1.54) is 24.0 Å². The first-order valence-corrected chi connectivity index (χ1v) is 10.0. The summed E-state index contributed by atoms with van der Waals surface area (Å²) in [5, 5.41) is 3.18. The Morgan fingerprint density at radius 3 is 2.26 bits per heavy atom. The smallest absolute Gasteiger partial charge is 0.251 e. The molecule has 1 heterocycles. The summed E-state index contributed by atoms with van der Waals surface area (Å²) in [5.74, 6) is 0.0172. The third-order valence-corrected chi connectivity index (χ3v) is 5.59. The zero-order valence-electron chi connectivity index (χ0n) is 17.1. The van der Waals surface area contributed by atoms with Crippen molar-refractivity contribution in [2.45, 2.75) is 52.0 Å². The quantitative estimate of drug-likeness (QED) is 0.822. The fourth-order valence-corrected chi connectivity index (χ4v) is 3.83. The average molecular weight is 365 g/mol. The summed E-state index contributed by atoms with van der Waals surface area (Å²) in [6.45, 7) is 11.5. The van der Waals surface area contributed by atoms with Crippen molar-refractivity contribution in [1.82, 2.24) is 10.2 Å². The Balaban J connectivity index is 1.76. The lowest BCUT2D eigenvalue weighted by atomic mass is 9.86. The highest BCUT2D eigenvalue weighted by Gasteiger charge is 2.25. The molecule has 3 nitrogen and oxygen atoms in total. The second kappa shape index (κ2) is 8.26. The summed E-state index contributed by atoms with van der Waals surface area (Å²) in [5.41, 5.74) is 4.56. The van der Waals surface area contributed by atoms with E-state index in [2.05, 4.69) is 55.3 Å². The molecular weight excluding hydrogens is 332 g/mol. The normalized spacial score (nSPS) is 16.3. The van der Waals surface area contributed by atoms with E-state index >= 15 is 0 Å². The molecule has 2 aromatic carbocycles. The Bertz CT molecular complexity index is 768. The van der Waals surface area contributed by atoms with Crippen molar-refractivity contribution in [2.24, 2.45) is 0 Å². The maximum atomic E-state index is 12.7. The van der Waals surface area contributed by atoms with Crippen LogP contribution in [0.25, 0.3) is 0 Å². The van der Waals surface area contributed by atoms with Crippen LogP contribution in [-0.2, 0) is 5.41 Å². The number of hydrogen-bond acceptors (Lipinski definition) is 2. The van der Waals surface area contributed by atoms with Gasteiger partial charge in [0.2, 0.25) is 0 Å². The minimum absolute atomic E-state index is 0.0172. The van der Waals surface area contributed by atoms with Crippen LogP contribution >= 0.6 is 0 Å². The van der Waals surface area contributed by atoms with Gasteiger partial charge < -0.3 is 5.32 Å². The second-order valence-corrected chi connectivity index (χ2v) is 8.66. The zero-order chi connectivity index (χ0) is 19.4. The summed E-state index contributed by atoms with van der Waals surface area (Å²) in [6.07, 6.45) is 2.48. The van der Waals surface area contributed by atoms with Crippen molar-refractivity contribution in [3.05, 3.63) is 70.8 Å². The van der Waals surface area contributed by atoms with Crippen LogP contribution in [0.15, 0.2) is 48.5 Å². The summed E-state index contributed by atoms with van der Waals surface area (Å²) >= 11 is 0. The number of rotatable bonds is 5. The minimum Gasteiger partial charge on any atom is -0.350 e. The molecule has 1 saturated heterocycles. The zero-order valence-corrected chi connectivity index (χ0v) is 17.1. The van der Waals surface area contributed by atoms with Crippen LogP contribution in [-0.4, -0.2) is 30.4 Å². The molecule has 2 aromatic rings. The molecule has 1 N–H and O–H groups in total. The Hall–Kier alpha value is -2.13.